The number of anilines is 2. The average Bonchev–Trinajstić information content (AvgIpc) is 3.55. The Balaban J connectivity index is 1.44. The van der Waals surface area contributed by atoms with E-state index in [1.165, 1.54) is 6.08 Å². The van der Waals surface area contributed by atoms with Crippen molar-refractivity contribution in [2.45, 2.75) is 38.8 Å². The van der Waals surface area contributed by atoms with E-state index >= 15 is 0 Å². The Labute approximate surface area is 197 Å². The lowest BCUT2D eigenvalue weighted by Crippen LogP contribution is -2.29. The van der Waals surface area contributed by atoms with Gasteiger partial charge in [-0.15, -0.1) is 11.3 Å². The highest BCUT2D eigenvalue weighted by atomic mass is 32.1. The molecule has 8 nitrogen and oxygen atoms in total. The van der Waals surface area contributed by atoms with Crippen LogP contribution in [0.5, 0.6) is 5.88 Å². The predicted octanol–water partition coefficient (Wildman–Crippen LogP) is 4.14. The number of pyridine rings is 1. The van der Waals surface area contributed by atoms with E-state index < -0.39 is 0 Å². The first-order valence-electron chi connectivity index (χ1n) is 11.4. The van der Waals surface area contributed by atoms with Crippen LogP contribution in [0.15, 0.2) is 37.2 Å². The van der Waals surface area contributed by atoms with Gasteiger partial charge in [0, 0.05) is 56.1 Å². The highest BCUT2D eigenvalue weighted by molar-refractivity contribution is 7.15. The van der Waals surface area contributed by atoms with Crippen LogP contribution in [0.1, 0.15) is 24.1 Å². The highest BCUT2D eigenvalue weighted by Crippen LogP contribution is 2.32. The fourth-order valence-corrected chi connectivity index (χ4v) is 5.18. The van der Waals surface area contributed by atoms with Crippen LogP contribution in [0.3, 0.4) is 0 Å². The van der Waals surface area contributed by atoms with Crippen molar-refractivity contribution in [1.29, 1.82) is 0 Å². The van der Waals surface area contributed by atoms with Gasteiger partial charge in [0.05, 0.1) is 17.4 Å². The molecular weight excluding hydrogens is 438 g/mol. The minimum Gasteiger partial charge on any atom is -0.472 e. The van der Waals surface area contributed by atoms with E-state index in [9.17, 15) is 4.79 Å². The molecule has 3 aromatic heterocycles. The van der Waals surface area contributed by atoms with Crippen LogP contribution >= 0.6 is 11.3 Å². The highest BCUT2D eigenvalue weighted by Gasteiger charge is 2.28. The number of aromatic nitrogens is 3. The second kappa shape index (κ2) is 9.52. The topological polar surface area (TPSA) is 81.5 Å². The Morgan fingerprint density at radius 3 is 3.00 bits per heavy atom. The number of fused-ring (bicyclic) bond motifs is 1. The van der Waals surface area contributed by atoms with Gasteiger partial charge in [0.1, 0.15) is 11.9 Å². The molecule has 0 aromatic carbocycles. The van der Waals surface area contributed by atoms with Crippen molar-refractivity contribution in [3.8, 4) is 5.88 Å². The van der Waals surface area contributed by atoms with Gasteiger partial charge in [-0.1, -0.05) is 6.58 Å². The van der Waals surface area contributed by atoms with Gasteiger partial charge in [0.15, 0.2) is 5.13 Å². The number of carbonyl (C=O) groups excluding carboxylic acids is 1. The van der Waals surface area contributed by atoms with Crippen molar-refractivity contribution in [3.05, 3.63) is 42.1 Å². The van der Waals surface area contributed by atoms with E-state index in [0.717, 1.165) is 59.9 Å². The Morgan fingerprint density at radius 1 is 1.39 bits per heavy atom. The molecular formula is C24H29N5O3S. The lowest BCUT2D eigenvalue weighted by Gasteiger charge is -2.23. The molecule has 2 aliphatic heterocycles. The average molecular weight is 468 g/mol. The second-order valence-electron chi connectivity index (χ2n) is 8.69. The number of thiazole rings is 1. The molecule has 0 spiro atoms. The Kier molecular flexibility index (Phi) is 6.32. The van der Waals surface area contributed by atoms with Crippen LogP contribution in [0.25, 0.3) is 10.9 Å². The molecule has 3 aromatic rings. The summed E-state index contributed by atoms with van der Waals surface area (Å²) < 4.78 is 14.2. The number of hydrogen-bond donors (Lipinski definition) is 1. The van der Waals surface area contributed by atoms with E-state index in [1.54, 1.807) is 16.2 Å². The largest absolute Gasteiger partial charge is 0.472 e. The number of ether oxygens (including phenoxy) is 2. The Bertz CT molecular complexity index is 1150. The number of nitrogens with zero attached hydrogens (tertiary/aromatic N) is 4. The van der Waals surface area contributed by atoms with Crippen molar-refractivity contribution in [2.75, 3.05) is 31.6 Å². The SMILES string of the molecule is C=CC(=O)N1CCC(Oc2nc(Nc3ncc(C)s3)cc3c2ccn3CC2CCOCC2)C1. The van der Waals surface area contributed by atoms with Gasteiger partial charge in [0.25, 0.3) is 0 Å². The second-order valence-corrected chi connectivity index (χ2v) is 9.92. The van der Waals surface area contributed by atoms with Gasteiger partial charge in [-0.25, -0.2) is 4.98 Å². The number of rotatable bonds is 7. The summed E-state index contributed by atoms with van der Waals surface area (Å²) in [5.74, 6) is 1.83. The maximum absolute atomic E-state index is 12.0. The number of aryl methyl sites for hydroxylation is 1. The van der Waals surface area contributed by atoms with Gasteiger partial charge in [-0.3, -0.25) is 4.79 Å². The first-order chi connectivity index (χ1) is 16.1. The summed E-state index contributed by atoms with van der Waals surface area (Å²) in [5.41, 5.74) is 1.08. The van der Waals surface area contributed by atoms with Crippen LogP contribution < -0.4 is 10.1 Å². The van der Waals surface area contributed by atoms with Crippen molar-refractivity contribution in [1.82, 2.24) is 19.4 Å². The van der Waals surface area contributed by atoms with Crippen LogP contribution in [0.2, 0.25) is 0 Å². The minimum absolute atomic E-state index is 0.0589. The molecule has 2 saturated heterocycles. The van der Waals surface area contributed by atoms with Gasteiger partial charge < -0.3 is 24.3 Å². The van der Waals surface area contributed by atoms with Crippen LogP contribution in [-0.2, 0) is 16.1 Å². The summed E-state index contributed by atoms with van der Waals surface area (Å²) in [6.45, 7) is 9.43. The molecule has 2 aliphatic rings. The van der Waals surface area contributed by atoms with Gasteiger partial charge in [-0.2, -0.15) is 4.98 Å². The zero-order chi connectivity index (χ0) is 22.8. The fraction of sp³-hybridized carbons (Fsp3) is 0.458. The molecule has 1 atom stereocenters. The first kappa shape index (κ1) is 21.9. The third kappa shape index (κ3) is 4.89. The predicted molar refractivity (Wildman–Crippen MR) is 129 cm³/mol. The maximum atomic E-state index is 12.0. The van der Waals surface area contributed by atoms with Crippen molar-refractivity contribution >= 4 is 39.1 Å². The molecule has 9 heteroatoms. The molecule has 0 saturated carbocycles. The van der Waals surface area contributed by atoms with Crippen LogP contribution in [0, 0.1) is 12.8 Å². The number of hydrogen-bond acceptors (Lipinski definition) is 7. The molecule has 1 N–H and O–H groups in total. The summed E-state index contributed by atoms with van der Waals surface area (Å²) in [6.07, 6.45) is 8.15. The van der Waals surface area contributed by atoms with E-state index in [4.69, 9.17) is 14.5 Å². The molecule has 0 aliphatic carbocycles. The zero-order valence-corrected chi connectivity index (χ0v) is 19.6. The third-order valence-corrected chi connectivity index (χ3v) is 7.12. The van der Waals surface area contributed by atoms with Gasteiger partial charge in [-0.05, 0) is 37.8 Å². The van der Waals surface area contributed by atoms with E-state index in [1.807, 2.05) is 13.1 Å². The van der Waals surface area contributed by atoms with Crippen LogP contribution in [0.4, 0.5) is 10.9 Å². The third-order valence-electron chi connectivity index (χ3n) is 6.29. The lowest BCUT2D eigenvalue weighted by molar-refractivity contribution is -0.125. The van der Waals surface area contributed by atoms with E-state index in [0.29, 0.717) is 30.7 Å². The summed E-state index contributed by atoms with van der Waals surface area (Å²) >= 11 is 1.59. The monoisotopic (exact) mass is 467 g/mol. The molecule has 2 fully saturated rings. The number of carbonyl (C=O) groups is 1. The van der Waals surface area contributed by atoms with Crippen molar-refractivity contribution < 1.29 is 14.3 Å². The quantitative estimate of drug-likeness (QED) is 0.526. The summed E-state index contributed by atoms with van der Waals surface area (Å²) in [4.78, 5) is 24.1. The molecule has 1 amide bonds. The smallest absolute Gasteiger partial charge is 0.246 e. The lowest BCUT2D eigenvalue weighted by atomic mass is 10.0. The van der Waals surface area contributed by atoms with E-state index in [-0.39, 0.29) is 12.0 Å². The maximum Gasteiger partial charge on any atom is 0.246 e. The summed E-state index contributed by atoms with van der Waals surface area (Å²) in [7, 11) is 0. The minimum atomic E-state index is -0.0965. The summed E-state index contributed by atoms with van der Waals surface area (Å²) in [6, 6.07) is 4.15. The molecule has 174 valence electrons. The molecule has 5 rings (SSSR count). The Morgan fingerprint density at radius 2 is 2.24 bits per heavy atom. The number of likely N-dealkylation sites (tertiary alicyclic amines) is 1. The van der Waals surface area contributed by atoms with Gasteiger partial charge >= 0.3 is 0 Å². The molecule has 1 unspecified atom stereocenters. The fourth-order valence-electron chi connectivity index (χ4n) is 4.51. The van der Waals surface area contributed by atoms with Gasteiger partial charge in [0.2, 0.25) is 11.8 Å². The zero-order valence-electron chi connectivity index (χ0n) is 18.8. The molecule has 5 heterocycles. The number of amides is 1. The Hall–Kier alpha value is -2.91. The van der Waals surface area contributed by atoms with Crippen molar-refractivity contribution in [2.24, 2.45) is 5.92 Å². The van der Waals surface area contributed by atoms with Crippen molar-refractivity contribution in [3.63, 3.8) is 0 Å². The number of nitrogens with one attached hydrogen (secondary N) is 1. The normalized spacial score (nSPS) is 19.2. The van der Waals surface area contributed by atoms with E-state index in [2.05, 4.69) is 39.8 Å². The van der Waals surface area contributed by atoms with Crippen LogP contribution in [-0.4, -0.2) is 57.7 Å². The summed E-state index contributed by atoms with van der Waals surface area (Å²) in [5, 5.41) is 5.13. The molecule has 33 heavy (non-hydrogen) atoms. The molecule has 0 radical (unpaired) electrons. The molecule has 0 bridgehead atoms. The first-order valence-corrected chi connectivity index (χ1v) is 12.3. The standard InChI is InChI=1S/C24H29N5O3S/c1-3-22(30)29-8-4-18(15-29)32-23-19-5-9-28(14-17-6-10-31-11-7-17)20(19)12-21(26-23)27-24-25-13-16(2)33-24/h3,5,9,12-13,17-18H,1,4,6-8,10-11,14-15H2,2H3,(H,25,26,27).